The molecule has 0 amide bonds. The number of rotatable bonds is 1. The highest BCUT2D eigenvalue weighted by molar-refractivity contribution is 6.33. The molecular formula is C10H6ClNO3. The lowest BCUT2D eigenvalue weighted by atomic mass is 10.1. The number of phenolic OH excluding ortho intramolecular Hbond substituents is 1. The molecule has 4 nitrogen and oxygen atoms in total. The summed E-state index contributed by atoms with van der Waals surface area (Å²) in [5.41, 5.74) is -0.103. The average Bonchev–Trinajstić information content (AvgIpc) is 2.23. The van der Waals surface area contributed by atoms with E-state index >= 15 is 0 Å². The van der Waals surface area contributed by atoms with E-state index < -0.39 is 4.92 Å². The van der Waals surface area contributed by atoms with Crippen LogP contribution in [0.15, 0.2) is 30.3 Å². The first-order chi connectivity index (χ1) is 7.11. The molecule has 0 unspecified atom stereocenters. The van der Waals surface area contributed by atoms with Crippen LogP contribution in [0.3, 0.4) is 0 Å². The van der Waals surface area contributed by atoms with Gasteiger partial charge in [0.05, 0.1) is 15.3 Å². The second kappa shape index (κ2) is 3.40. The van der Waals surface area contributed by atoms with E-state index in [-0.39, 0.29) is 16.5 Å². The second-order valence-electron chi connectivity index (χ2n) is 3.03. The summed E-state index contributed by atoms with van der Waals surface area (Å²) in [5.74, 6) is -0.127. The molecule has 15 heavy (non-hydrogen) atoms. The molecule has 0 heterocycles. The van der Waals surface area contributed by atoms with Crippen molar-refractivity contribution >= 4 is 28.1 Å². The average molecular weight is 224 g/mol. The number of non-ortho nitro benzene ring substituents is 1. The summed E-state index contributed by atoms with van der Waals surface area (Å²) in [6, 6.07) is 7.66. The fourth-order valence-electron chi connectivity index (χ4n) is 1.46. The first-order valence-electron chi connectivity index (χ1n) is 4.16. The van der Waals surface area contributed by atoms with Gasteiger partial charge in [0, 0.05) is 11.5 Å². The van der Waals surface area contributed by atoms with Crippen molar-refractivity contribution in [3.8, 4) is 5.75 Å². The topological polar surface area (TPSA) is 63.4 Å². The van der Waals surface area contributed by atoms with Crippen LogP contribution < -0.4 is 0 Å². The Morgan fingerprint density at radius 3 is 2.47 bits per heavy atom. The Kier molecular flexibility index (Phi) is 2.21. The summed E-state index contributed by atoms with van der Waals surface area (Å²) in [7, 11) is 0. The van der Waals surface area contributed by atoms with Gasteiger partial charge >= 0.3 is 0 Å². The number of hydrogen-bond donors (Lipinski definition) is 1. The van der Waals surface area contributed by atoms with Crippen molar-refractivity contribution in [2.75, 3.05) is 0 Å². The van der Waals surface area contributed by atoms with Crippen molar-refractivity contribution in [1.82, 2.24) is 0 Å². The van der Waals surface area contributed by atoms with Crippen LogP contribution in [0.2, 0.25) is 5.02 Å². The maximum absolute atomic E-state index is 10.7. The summed E-state index contributed by atoms with van der Waals surface area (Å²) in [6.07, 6.45) is 0. The number of nitrogens with zero attached hydrogens (tertiary/aromatic N) is 1. The van der Waals surface area contributed by atoms with Crippen LogP contribution in [0.5, 0.6) is 5.75 Å². The van der Waals surface area contributed by atoms with Gasteiger partial charge in [-0.2, -0.15) is 0 Å². The number of fused-ring (bicyclic) bond motifs is 1. The standard InChI is InChI=1S/C10H6ClNO3/c11-8-5-9(12(14)15)6-3-1-2-4-7(6)10(8)13/h1-5,13H. The van der Waals surface area contributed by atoms with E-state index in [9.17, 15) is 15.2 Å². The predicted molar refractivity (Wildman–Crippen MR) is 57.3 cm³/mol. The van der Waals surface area contributed by atoms with Crippen molar-refractivity contribution in [2.45, 2.75) is 0 Å². The van der Waals surface area contributed by atoms with E-state index in [1.165, 1.54) is 0 Å². The van der Waals surface area contributed by atoms with Gasteiger partial charge < -0.3 is 5.11 Å². The van der Waals surface area contributed by atoms with Crippen LogP contribution in [0.25, 0.3) is 10.8 Å². The lowest BCUT2D eigenvalue weighted by Crippen LogP contribution is -1.90. The third-order valence-corrected chi connectivity index (χ3v) is 2.43. The van der Waals surface area contributed by atoms with Crippen LogP contribution in [0.1, 0.15) is 0 Å². The molecule has 2 aromatic rings. The van der Waals surface area contributed by atoms with E-state index in [0.29, 0.717) is 10.8 Å². The van der Waals surface area contributed by atoms with Gasteiger partial charge in [-0.05, 0) is 6.07 Å². The monoisotopic (exact) mass is 223 g/mol. The molecule has 0 bridgehead atoms. The minimum Gasteiger partial charge on any atom is -0.506 e. The molecule has 2 aromatic carbocycles. The largest absolute Gasteiger partial charge is 0.506 e. The first-order valence-corrected chi connectivity index (χ1v) is 4.53. The van der Waals surface area contributed by atoms with Crippen molar-refractivity contribution in [3.63, 3.8) is 0 Å². The number of phenols is 1. The van der Waals surface area contributed by atoms with Crippen molar-refractivity contribution in [3.05, 3.63) is 45.5 Å². The van der Waals surface area contributed by atoms with Gasteiger partial charge in [-0.1, -0.05) is 29.8 Å². The Bertz CT molecular complexity index is 554. The SMILES string of the molecule is O=[N+]([O-])c1cc(Cl)c(O)c2ccccc12. The first kappa shape index (κ1) is 9.73. The van der Waals surface area contributed by atoms with Crippen LogP contribution in [0.4, 0.5) is 5.69 Å². The van der Waals surface area contributed by atoms with E-state index in [1.807, 2.05) is 0 Å². The lowest BCUT2D eigenvalue weighted by molar-refractivity contribution is -0.383. The zero-order valence-corrected chi connectivity index (χ0v) is 8.23. The van der Waals surface area contributed by atoms with Crippen molar-refractivity contribution in [1.29, 1.82) is 0 Å². The molecule has 0 aromatic heterocycles. The maximum atomic E-state index is 10.7. The van der Waals surface area contributed by atoms with Crippen LogP contribution >= 0.6 is 11.6 Å². The van der Waals surface area contributed by atoms with Gasteiger partial charge in [0.2, 0.25) is 0 Å². The summed E-state index contributed by atoms with van der Waals surface area (Å²) in [5, 5.41) is 21.1. The Balaban J connectivity index is 2.94. The summed E-state index contributed by atoms with van der Waals surface area (Å²) < 4.78 is 0. The van der Waals surface area contributed by atoms with Crippen molar-refractivity contribution in [2.24, 2.45) is 0 Å². The Morgan fingerprint density at radius 1 is 1.27 bits per heavy atom. The molecule has 0 aliphatic heterocycles. The molecule has 2 rings (SSSR count). The molecule has 0 atom stereocenters. The van der Waals surface area contributed by atoms with E-state index in [0.717, 1.165) is 6.07 Å². The quantitative estimate of drug-likeness (QED) is 0.597. The molecule has 0 saturated carbocycles. The Morgan fingerprint density at radius 2 is 1.87 bits per heavy atom. The van der Waals surface area contributed by atoms with Gasteiger partial charge in [0.25, 0.3) is 5.69 Å². The lowest BCUT2D eigenvalue weighted by Gasteiger charge is -2.03. The maximum Gasteiger partial charge on any atom is 0.278 e. The molecule has 5 heteroatoms. The van der Waals surface area contributed by atoms with Crippen LogP contribution in [0, 0.1) is 10.1 Å². The summed E-state index contributed by atoms with van der Waals surface area (Å²) >= 11 is 5.68. The minimum atomic E-state index is -0.520. The molecule has 76 valence electrons. The molecule has 0 aliphatic carbocycles. The van der Waals surface area contributed by atoms with Gasteiger partial charge in [-0.3, -0.25) is 10.1 Å². The Hall–Kier alpha value is -1.81. The minimum absolute atomic E-state index is 0.0135. The van der Waals surface area contributed by atoms with Gasteiger partial charge in [-0.25, -0.2) is 0 Å². The van der Waals surface area contributed by atoms with Gasteiger partial charge in [0.1, 0.15) is 5.75 Å². The number of halogens is 1. The van der Waals surface area contributed by atoms with Gasteiger partial charge in [0.15, 0.2) is 0 Å². The zero-order chi connectivity index (χ0) is 11.0. The second-order valence-corrected chi connectivity index (χ2v) is 3.44. The normalized spacial score (nSPS) is 10.5. The third kappa shape index (κ3) is 1.49. The number of nitro benzene ring substituents is 1. The van der Waals surface area contributed by atoms with E-state index in [2.05, 4.69) is 0 Å². The molecule has 0 spiro atoms. The fourth-order valence-corrected chi connectivity index (χ4v) is 1.66. The molecule has 0 aliphatic rings. The number of nitro groups is 1. The zero-order valence-electron chi connectivity index (χ0n) is 7.48. The molecule has 1 N–H and O–H groups in total. The Labute approximate surface area is 89.9 Å². The van der Waals surface area contributed by atoms with Crippen LogP contribution in [-0.4, -0.2) is 10.0 Å². The van der Waals surface area contributed by atoms with Gasteiger partial charge in [-0.15, -0.1) is 0 Å². The van der Waals surface area contributed by atoms with E-state index in [4.69, 9.17) is 11.6 Å². The molecular weight excluding hydrogens is 218 g/mol. The smallest absolute Gasteiger partial charge is 0.278 e. The highest BCUT2D eigenvalue weighted by Gasteiger charge is 2.16. The number of hydrogen-bond acceptors (Lipinski definition) is 3. The summed E-state index contributed by atoms with van der Waals surface area (Å²) in [4.78, 5) is 10.2. The molecule has 0 radical (unpaired) electrons. The highest BCUT2D eigenvalue weighted by atomic mass is 35.5. The number of aromatic hydroxyl groups is 1. The molecule has 0 saturated heterocycles. The third-order valence-electron chi connectivity index (χ3n) is 2.14. The van der Waals surface area contributed by atoms with Crippen molar-refractivity contribution < 1.29 is 10.0 Å². The molecule has 0 fully saturated rings. The highest BCUT2D eigenvalue weighted by Crippen LogP contribution is 2.38. The van der Waals surface area contributed by atoms with Crippen LogP contribution in [-0.2, 0) is 0 Å². The fraction of sp³-hybridized carbons (Fsp3) is 0. The predicted octanol–water partition coefficient (Wildman–Crippen LogP) is 3.11. The van der Waals surface area contributed by atoms with E-state index in [1.54, 1.807) is 24.3 Å². The number of benzene rings is 2. The summed E-state index contributed by atoms with van der Waals surface area (Å²) in [6.45, 7) is 0.